The Bertz CT molecular complexity index is 307. The Morgan fingerprint density at radius 2 is 2.00 bits per heavy atom. The number of likely N-dealkylation sites (tertiary alicyclic amines) is 1. The Hall–Kier alpha value is -1.06. The molecule has 1 saturated heterocycles. The van der Waals surface area contributed by atoms with E-state index in [1.807, 2.05) is 27.7 Å². The molecule has 4 heteroatoms. The molecule has 0 radical (unpaired) electrons. The standard InChI is InChI=1S/C14H25NO3/c1-5-7-12(16)11-8-6-9-15(10-11)13(17)18-14(2,3)4/h11H,5-10H2,1-4H3/t11-/m0/s1. The number of carbonyl (C=O) groups is 2. The molecule has 104 valence electrons. The number of piperidine rings is 1. The highest BCUT2D eigenvalue weighted by Crippen LogP contribution is 2.21. The first kappa shape index (κ1) is 15.0. The summed E-state index contributed by atoms with van der Waals surface area (Å²) in [7, 11) is 0. The van der Waals surface area contributed by atoms with Gasteiger partial charge < -0.3 is 9.64 Å². The zero-order valence-electron chi connectivity index (χ0n) is 12.0. The van der Waals surface area contributed by atoms with E-state index in [0.717, 1.165) is 19.3 Å². The molecule has 1 amide bonds. The van der Waals surface area contributed by atoms with Crippen LogP contribution in [0, 0.1) is 5.92 Å². The quantitative estimate of drug-likeness (QED) is 0.778. The van der Waals surface area contributed by atoms with Crippen LogP contribution in [0.3, 0.4) is 0 Å². The zero-order chi connectivity index (χ0) is 13.8. The van der Waals surface area contributed by atoms with Gasteiger partial charge in [-0.05, 0) is 40.0 Å². The molecule has 18 heavy (non-hydrogen) atoms. The van der Waals surface area contributed by atoms with Crippen LogP contribution < -0.4 is 0 Å². The molecule has 0 saturated carbocycles. The molecule has 1 heterocycles. The van der Waals surface area contributed by atoms with E-state index in [0.29, 0.717) is 19.5 Å². The molecule has 0 unspecified atom stereocenters. The zero-order valence-corrected chi connectivity index (χ0v) is 12.0. The minimum Gasteiger partial charge on any atom is -0.444 e. The van der Waals surface area contributed by atoms with Crippen molar-refractivity contribution in [2.45, 2.75) is 59.0 Å². The average molecular weight is 255 g/mol. The summed E-state index contributed by atoms with van der Waals surface area (Å²) in [6.07, 6.45) is 2.99. The molecule has 1 aliphatic heterocycles. The number of ketones is 1. The lowest BCUT2D eigenvalue weighted by Crippen LogP contribution is -2.44. The van der Waals surface area contributed by atoms with Gasteiger partial charge in [0, 0.05) is 25.4 Å². The van der Waals surface area contributed by atoms with Gasteiger partial charge in [-0.1, -0.05) is 6.92 Å². The van der Waals surface area contributed by atoms with Crippen molar-refractivity contribution in [1.82, 2.24) is 4.90 Å². The summed E-state index contributed by atoms with van der Waals surface area (Å²) in [4.78, 5) is 25.5. The summed E-state index contributed by atoms with van der Waals surface area (Å²) in [5.74, 6) is 0.289. The van der Waals surface area contributed by atoms with Crippen molar-refractivity contribution in [2.75, 3.05) is 13.1 Å². The van der Waals surface area contributed by atoms with Crippen molar-refractivity contribution >= 4 is 11.9 Å². The molecule has 4 nitrogen and oxygen atoms in total. The Morgan fingerprint density at radius 1 is 1.33 bits per heavy atom. The van der Waals surface area contributed by atoms with Gasteiger partial charge in [0.15, 0.2) is 0 Å². The van der Waals surface area contributed by atoms with Crippen molar-refractivity contribution in [3.05, 3.63) is 0 Å². The molecule has 0 aliphatic carbocycles. The maximum atomic E-state index is 11.9. The summed E-state index contributed by atoms with van der Waals surface area (Å²) in [6, 6.07) is 0. The van der Waals surface area contributed by atoms with E-state index in [1.165, 1.54) is 0 Å². The third-order valence-electron chi connectivity index (χ3n) is 3.02. The highest BCUT2D eigenvalue weighted by molar-refractivity contribution is 5.82. The lowest BCUT2D eigenvalue weighted by atomic mass is 9.92. The van der Waals surface area contributed by atoms with E-state index in [2.05, 4.69) is 0 Å². The van der Waals surface area contributed by atoms with Crippen LogP contribution in [0.2, 0.25) is 0 Å². The van der Waals surface area contributed by atoms with Crippen molar-refractivity contribution in [1.29, 1.82) is 0 Å². The molecule has 0 aromatic carbocycles. The fraction of sp³-hybridized carbons (Fsp3) is 0.857. The van der Waals surface area contributed by atoms with Crippen molar-refractivity contribution in [3.63, 3.8) is 0 Å². The maximum Gasteiger partial charge on any atom is 0.410 e. The summed E-state index contributed by atoms with van der Waals surface area (Å²) in [5.41, 5.74) is -0.475. The van der Waals surface area contributed by atoms with E-state index >= 15 is 0 Å². The van der Waals surface area contributed by atoms with Crippen LogP contribution >= 0.6 is 0 Å². The van der Waals surface area contributed by atoms with E-state index < -0.39 is 5.60 Å². The fourth-order valence-corrected chi connectivity index (χ4v) is 2.18. The molecular formula is C14H25NO3. The summed E-state index contributed by atoms with van der Waals surface area (Å²) in [5, 5.41) is 0. The molecule has 1 rings (SSSR count). The summed E-state index contributed by atoms with van der Waals surface area (Å²) >= 11 is 0. The monoisotopic (exact) mass is 255 g/mol. The van der Waals surface area contributed by atoms with Gasteiger partial charge in [0.05, 0.1) is 0 Å². The first-order valence-corrected chi connectivity index (χ1v) is 6.84. The third-order valence-corrected chi connectivity index (χ3v) is 3.02. The molecule has 0 aromatic rings. The van der Waals surface area contributed by atoms with Gasteiger partial charge in [0.25, 0.3) is 0 Å². The molecular weight excluding hydrogens is 230 g/mol. The molecule has 0 aromatic heterocycles. The third kappa shape index (κ3) is 4.67. The van der Waals surface area contributed by atoms with E-state index in [1.54, 1.807) is 4.90 Å². The second-order valence-electron chi connectivity index (χ2n) is 5.98. The molecule has 0 bridgehead atoms. The first-order valence-electron chi connectivity index (χ1n) is 6.84. The van der Waals surface area contributed by atoms with Gasteiger partial charge in [0.2, 0.25) is 0 Å². The van der Waals surface area contributed by atoms with Crippen LogP contribution in [0.1, 0.15) is 53.4 Å². The highest BCUT2D eigenvalue weighted by Gasteiger charge is 2.30. The lowest BCUT2D eigenvalue weighted by Gasteiger charge is -2.33. The number of amides is 1. The lowest BCUT2D eigenvalue weighted by molar-refractivity contribution is -0.124. The van der Waals surface area contributed by atoms with Crippen LogP contribution in [-0.2, 0) is 9.53 Å². The van der Waals surface area contributed by atoms with Crippen molar-refractivity contribution in [3.8, 4) is 0 Å². The van der Waals surface area contributed by atoms with E-state index in [4.69, 9.17) is 4.74 Å². The molecule has 1 aliphatic rings. The fourth-order valence-electron chi connectivity index (χ4n) is 2.18. The number of hydrogen-bond donors (Lipinski definition) is 0. The van der Waals surface area contributed by atoms with Gasteiger partial charge >= 0.3 is 6.09 Å². The van der Waals surface area contributed by atoms with E-state index in [9.17, 15) is 9.59 Å². The van der Waals surface area contributed by atoms with Gasteiger partial charge in [-0.25, -0.2) is 4.79 Å². The van der Waals surface area contributed by atoms with Crippen LogP contribution in [0.4, 0.5) is 4.79 Å². The van der Waals surface area contributed by atoms with Crippen LogP contribution in [0.5, 0.6) is 0 Å². The molecule has 1 atom stereocenters. The second-order valence-corrected chi connectivity index (χ2v) is 5.98. The van der Waals surface area contributed by atoms with E-state index in [-0.39, 0.29) is 17.8 Å². The molecule has 0 spiro atoms. The number of nitrogens with zero attached hydrogens (tertiary/aromatic N) is 1. The highest BCUT2D eigenvalue weighted by atomic mass is 16.6. The first-order chi connectivity index (χ1) is 8.33. The number of Topliss-reactive ketones (excluding diaryl/α,β-unsaturated/α-hetero) is 1. The Balaban J connectivity index is 2.53. The molecule has 1 fully saturated rings. The van der Waals surface area contributed by atoms with Crippen molar-refractivity contribution < 1.29 is 14.3 Å². The largest absolute Gasteiger partial charge is 0.444 e. The molecule has 0 N–H and O–H groups in total. The van der Waals surface area contributed by atoms with Crippen molar-refractivity contribution in [2.24, 2.45) is 5.92 Å². The Kier molecular flexibility index (Phi) is 5.17. The van der Waals surface area contributed by atoms with Crippen LogP contribution in [0.15, 0.2) is 0 Å². The minimum absolute atomic E-state index is 0.00576. The number of rotatable bonds is 3. The van der Waals surface area contributed by atoms with Gasteiger partial charge in [-0.3, -0.25) is 4.79 Å². The topological polar surface area (TPSA) is 46.6 Å². The smallest absolute Gasteiger partial charge is 0.410 e. The van der Waals surface area contributed by atoms with Crippen LogP contribution in [0.25, 0.3) is 0 Å². The SMILES string of the molecule is CCCC(=O)[C@H]1CCCN(C(=O)OC(C)(C)C)C1. The summed E-state index contributed by atoms with van der Waals surface area (Å²) < 4.78 is 5.34. The number of ether oxygens (including phenoxy) is 1. The number of hydrogen-bond acceptors (Lipinski definition) is 3. The minimum atomic E-state index is -0.475. The number of carbonyl (C=O) groups excluding carboxylic acids is 2. The normalized spacial score (nSPS) is 20.7. The summed E-state index contributed by atoms with van der Waals surface area (Å²) in [6.45, 7) is 8.79. The Labute approximate surface area is 110 Å². The van der Waals surface area contributed by atoms with Gasteiger partial charge in [-0.15, -0.1) is 0 Å². The Morgan fingerprint density at radius 3 is 2.56 bits per heavy atom. The van der Waals surface area contributed by atoms with Crippen LogP contribution in [-0.4, -0.2) is 35.5 Å². The maximum absolute atomic E-state index is 11.9. The predicted octanol–water partition coefficient (Wildman–Crippen LogP) is 3.00. The van der Waals surface area contributed by atoms with Gasteiger partial charge in [0.1, 0.15) is 11.4 Å². The average Bonchev–Trinajstić information content (AvgIpc) is 2.27. The van der Waals surface area contributed by atoms with Gasteiger partial charge in [-0.2, -0.15) is 0 Å². The predicted molar refractivity (Wildman–Crippen MR) is 70.4 cm³/mol. The second kappa shape index (κ2) is 6.21.